The third-order valence-corrected chi connectivity index (χ3v) is 2.63. The first-order valence-corrected chi connectivity index (χ1v) is 7.11. The predicted molar refractivity (Wildman–Crippen MR) is 82.9 cm³/mol. The zero-order valence-electron chi connectivity index (χ0n) is 12.8. The van der Waals surface area contributed by atoms with Crippen LogP contribution in [0.5, 0.6) is 11.5 Å². The van der Waals surface area contributed by atoms with Gasteiger partial charge in [0.1, 0.15) is 0 Å². The Morgan fingerprint density at radius 2 is 2.05 bits per heavy atom. The maximum atomic E-state index is 11.0. The van der Waals surface area contributed by atoms with Crippen LogP contribution < -0.4 is 20.6 Å². The van der Waals surface area contributed by atoms with Crippen molar-refractivity contribution in [2.45, 2.75) is 26.7 Å². The van der Waals surface area contributed by atoms with E-state index in [0.717, 1.165) is 12.8 Å². The molecule has 0 saturated carbocycles. The van der Waals surface area contributed by atoms with Gasteiger partial charge in [-0.3, -0.25) is 9.59 Å². The summed E-state index contributed by atoms with van der Waals surface area (Å²) in [6.45, 7) is 5.10. The lowest BCUT2D eigenvalue weighted by Gasteiger charge is -2.12. The van der Waals surface area contributed by atoms with Crippen LogP contribution in [-0.4, -0.2) is 31.2 Å². The van der Waals surface area contributed by atoms with Gasteiger partial charge < -0.3 is 15.2 Å². The summed E-state index contributed by atoms with van der Waals surface area (Å²) in [5, 5.41) is 3.65. The van der Waals surface area contributed by atoms with Gasteiger partial charge in [0.25, 0.3) is 0 Å². The lowest BCUT2D eigenvalue weighted by Crippen LogP contribution is -2.32. The summed E-state index contributed by atoms with van der Waals surface area (Å²) in [7, 11) is 0. The van der Waals surface area contributed by atoms with Gasteiger partial charge in [0.15, 0.2) is 11.5 Å². The molecule has 0 aliphatic carbocycles. The fourth-order valence-electron chi connectivity index (χ4n) is 1.54. The fourth-order valence-corrected chi connectivity index (χ4v) is 1.54. The van der Waals surface area contributed by atoms with Crippen molar-refractivity contribution >= 4 is 18.0 Å². The number of hydrogen-bond acceptors (Lipinski definition) is 5. The normalized spacial score (nSPS) is 10.5. The van der Waals surface area contributed by atoms with E-state index in [4.69, 9.17) is 15.2 Å². The first-order valence-electron chi connectivity index (χ1n) is 7.11. The van der Waals surface area contributed by atoms with Crippen LogP contribution in [0.3, 0.4) is 0 Å². The smallest absolute Gasteiger partial charge is 0.329 e. The number of unbranched alkanes of at least 4 members (excludes halogenated alkanes) is 1. The topological polar surface area (TPSA) is 103 Å². The minimum absolute atomic E-state index is 0.503. The van der Waals surface area contributed by atoms with Crippen LogP contribution in [0, 0.1) is 0 Å². The highest BCUT2D eigenvalue weighted by atomic mass is 16.5. The number of nitrogens with one attached hydrogen (secondary N) is 1. The zero-order chi connectivity index (χ0) is 16.4. The van der Waals surface area contributed by atoms with E-state index in [2.05, 4.69) is 12.0 Å². The molecule has 1 aromatic rings. The molecule has 0 saturated heterocycles. The van der Waals surface area contributed by atoms with E-state index in [1.165, 1.54) is 6.21 Å². The molecule has 0 aliphatic rings. The summed E-state index contributed by atoms with van der Waals surface area (Å²) in [6, 6.07) is 5.28. The monoisotopic (exact) mass is 307 g/mol. The highest BCUT2D eigenvalue weighted by Crippen LogP contribution is 2.28. The maximum Gasteiger partial charge on any atom is 0.329 e. The minimum atomic E-state index is -1.09. The molecule has 0 aliphatic heterocycles. The number of nitrogens with zero attached hydrogens (tertiary/aromatic N) is 1. The van der Waals surface area contributed by atoms with Crippen molar-refractivity contribution < 1.29 is 19.1 Å². The molecule has 7 nitrogen and oxygen atoms in total. The molecule has 1 rings (SSSR count). The van der Waals surface area contributed by atoms with Gasteiger partial charge in [0.05, 0.1) is 19.4 Å². The quantitative estimate of drug-likeness (QED) is 0.326. The molecular weight excluding hydrogens is 286 g/mol. The Balaban J connectivity index is 2.76. The molecule has 0 bridgehead atoms. The number of carbonyl (C=O) groups excluding carboxylic acids is 2. The van der Waals surface area contributed by atoms with Crippen molar-refractivity contribution in [3.8, 4) is 11.5 Å². The highest BCUT2D eigenvalue weighted by molar-refractivity contribution is 6.34. The molecule has 0 radical (unpaired) electrons. The number of ether oxygens (including phenoxy) is 2. The Morgan fingerprint density at radius 3 is 2.68 bits per heavy atom. The Morgan fingerprint density at radius 1 is 1.27 bits per heavy atom. The molecule has 0 aromatic heterocycles. The predicted octanol–water partition coefficient (Wildman–Crippen LogP) is 1.20. The summed E-state index contributed by atoms with van der Waals surface area (Å²) in [5.74, 6) is -0.801. The SMILES string of the molecule is CCCCOc1ccc(/C=N\NC(=O)C(N)=O)cc1OCC. The van der Waals surface area contributed by atoms with E-state index in [-0.39, 0.29) is 0 Å². The fraction of sp³-hybridized carbons (Fsp3) is 0.400. The Kier molecular flexibility index (Phi) is 7.45. The van der Waals surface area contributed by atoms with Gasteiger partial charge in [0, 0.05) is 0 Å². The third-order valence-electron chi connectivity index (χ3n) is 2.63. The summed E-state index contributed by atoms with van der Waals surface area (Å²) in [6.07, 6.45) is 3.40. The maximum absolute atomic E-state index is 11.0. The molecule has 0 unspecified atom stereocenters. The molecule has 22 heavy (non-hydrogen) atoms. The van der Waals surface area contributed by atoms with Crippen LogP contribution in [0.15, 0.2) is 23.3 Å². The molecule has 0 heterocycles. The average molecular weight is 307 g/mol. The molecule has 0 spiro atoms. The van der Waals surface area contributed by atoms with Crippen molar-refractivity contribution in [3.63, 3.8) is 0 Å². The van der Waals surface area contributed by atoms with Gasteiger partial charge in [-0.25, -0.2) is 5.43 Å². The lowest BCUT2D eigenvalue weighted by molar-refractivity contribution is -0.137. The first kappa shape index (κ1) is 17.5. The first-order chi connectivity index (χ1) is 10.6. The van der Waals surface area contributed by atoms with E-state index in [1.54, 1.807) is 18.2 Å². The summed E-state index contributed by atoms with van der Waals surface area (Å²) >= 11 is 0. The number of nitrogens with two attached hydrogens (primary N) is 1. The number of rotatable bonds is 8. The van der Waals surface area contributed by atoms with Crippen LogP contribution in [-0.2, 0) is 9.59 Å². The van der Waals surface area contributed by atoms with Crippen molar-refractivity contribution in [1.29, 1.82) is 0 Å². The largest absolute Gasteiger partial charge is 0.490 e. The number of hydrogen-bond donors (Lipinski definition) is 2. The van der Waals surface area contributed by atoms with Gasteiger partial charge in [-0.1, -0.05) is 13.3 Å². The Labute approximate surface area is 129 Å². The van der Waals surface area contributed by atoms with Gasteiger partial charge >= 0.3 is 11.8 Å². The summed E-state index contributed by atoms with van der Waals surface area (Å²) in [5.41, 5.74) is 7.51. The van der Waals surface area contributed by atoms with E-state index >= 15 is 0 Å². The number of benzene rings is 1. The van der Waals surface area contributed by atoms with Crippen LogP contribution in [0.2, 0.25) is 0 Å². The minimum Gasteiger partial charge on any atom is -0.490 e. The summed E-state index contributed by atoms with van der Waals surface area (Å²) < 4.78 is 11.2. The number of carbonyl (C=O) groups is 2. The van der Waals surface area contributed by atoms with Crippen LogP contribution in [0.1, 0.15) is 32.3 Å². The van der Waals surface area contributed by atoms with Crippen LogP contribution >= 0.6 is 0 Å². The second-order valence-corrected chi connectivity index (χ2v) is 4.40. The molecule has 0 atom stereocenters. The molecule has 3 N–H and O–H groups in total. The van der Waals surface area contributed by atoms with Crippen LogP contribution in [0.25, 0.3) is 0 Å². The Bertz CT molecular complexity index is 544. The molecule has 1 aromatic carbocycles. The van der Waals surface area contributed by atoms with Crippen molar-refractivity contribution in [1.82, 2.24) is 5.43 Å². The van der Waals surface area contributed by atoms with E-state index in [1.807, 2.05) is 12.3 Å². The second-order valence-electron chi connectivity index (χ2n) is 4.40. The van der Waals surface area contributed by atoms with Crippen molar-refractivity contribution in [2.75, 3.05) is 13.2 Å². The third kappa shape index (κ3) is 5.82. The standard InChI is InChI=1S/C15H21N3O4/c1-3-5-8-22-12-7-6-11(9-13(12)21-4-2)10-17-18-15(20)14(16)19/h6-7,9-10H,3-5,8H2,1-2H3,(H2,16,19)(H,18,20)/b17-10-. The number of primary amides is 1. The van der Waals surface area contributed by atoms with E-state index in [9.17, 15) is 9.59 Å². The molecule has 7 heteroatoms. The average Bonchev–Trinajstić information content (AvgIpc) is 2.49. The van der Waals surface area contributed by atoms with Crippen molar-refractivity contribution in [3.05, 3.63) is 23.8 Å². The van der Waals surface area contributed by atoms with Crippen LogP contribution in [0.4, 0.5) is 0 Å². The second kappa shape index (κ2) is 9.38. The van der Waals surface area contributed by atoms with Gasteiger partial charge in [-0.05, 0) is 37.1 Å². The van der Waals surface area contributed by atoms with Gasteiger partial charge in [-0.2, -0.15) is 5.10 Å². The molecule has 0 fully saturated rings. The van der Waals surface area contributed by atoms with Crippen molar-refractivity contribution in [2.24, 2.45) is 10.8 Å². The number of amides is 2. The lowest BCUT2D eigenvalue weighted by atomic mass is 10.2. The highest BCUT2D eigenvalue weighted by Gasteiger charge is 2.07. The van der Waals surface area contributed by atoms with E-state index in [0.29, 0.717) is 30.3 Å². The molecule has 120 valence electrons. The van der Waals surface area contributed by atoms with Gasteiger partial charge in [0.2, 0.25) is 0 Å². The van der Waals surface area contributed by atoms with E-state index < -0.39 is 11.8 Å². The zero-order valence-corrected chi connectivity index (χ0v) is 12.8. The number of hydrazone groups is 1. The van der Waals surface area contributed by atoms with Gasteiger partial charge in [-0.15, -0.1) is 0 Å². The Hall–Kier alpha value is -2.57. The molecular formula is C15H21N3O4. The summed E-state index contributed by atoms with van der Waals surface area (Å²) in [4.78, 5) is 21.5. The molecule has 2 amide bonds.